The average molecular weight is 386 g/mol. The SMILES string of the molecule is N#Cc1ccc(OC2c3ccc(F)cc3C[C@H]2N2CCCC(N)C2)c(Cl)c1. The quantitative estimate of drug-likeness (QED) is 0.872. The molecule has 4 rings (SSSR count). The van der Waals surface area contributed by atoms with Crippen molar-refractivity contribution in [1.82, 2.24) is 4.90 Å². The molecule has 2 aliphatic rings. The van der Waals surface area contributed by atoms with Crippen molar-refractivity contribution >= 4 is 11.6 Å². The minimum Gasteiger partial charge on any atom is -0.482 e. The molecular weight excluding hydrogens is 365 g/mol. The van der Waals surface area contributed by atoms with Crippen molar-refractivity contribution in [3.05, 3.63) is 63.9 Å². The highest BCUT2D eigenvalue weighted by Gasteiger charge is 2.39. The Balaban J connectivity index is 1.66. The van der Waals surface area contributed by atoms with Crippen molar-refractivity contribution in [2.45, 2.75) is 37.5 Å². The minimum atomic E-state index is -0.253. The molecule has 2 aromatic rings. The largest absolute Gasteiger partial charge is 0.482 e. The van der Waals surface area contributed by atoms with Gasteiger partial charge in [0.25, 0.3) is 0 Å². The maximum absolute atomic E-state index is 13.8. The van der Waals surface area contributed by atoms with E-state index in [4.69, 9.17) is 27.3 Å². The second-order valence-electron chi connectivity index (χ2n) is 7.31. The Morgan fingerprint density at radius 1 is 1.26 bits per heavy atom. The summed E-state index contributed by atoms with van der Waals surface area (Å²) >= 11 is 6.33. The van der Waals surface area contributed by atoms with Crippen LogP contribution >= 0.6 is 11.6 Å². The van der Waals surface area contributed by atoms with Crippen LogP contribution in [0.1, 0.15) is 35.6 Å². The lowest BCUT2D eigenvalue weighted by atomic mass is 10.0. The van der Waals surface area contributed by atoms with E-state index in [1.165, 1.54) is 6.07 Å². The summed E-state index contributed by atoms with van der Waals surface area (Å²) in [6.07, 6.45) is 2.54. The minimum absolute atomic E-state index is 0.0832. The molecule has 0 bridgehead atoms. The second-order valence-corrected chi connectivity index (χ2v) is 7.71. The highest BCUT2D eigenvalue weighted by atomic mass is 35.5. The van der Waals surface area contributed by atoms with Gasteiger partial charge < -0.3 is 10.5 Å². The number of rotatable bonds is 3. The number of hydrogen-bond acceptors (Lipinski definition) is 4. The third kappa shape index (κ3) is 3.66. The van der Waals surface area contributed by atoms with Gasteiger partial charge in [-0.05, 0) is 67.3 Å². The van der Waals surface area contributed by atoms with Crippen molar-refractivity contribution < 1.29 is 9.13 Å². The van der Waals surface area contributed by atoms with Gasteiger partial charge in [-0.15, -0.1) is 0 Å². The molecule has 2 N–H and O–H groups in total. The zero-order valence-electron chi connectivity index (χ0n) is 14.9. The number of ether oxygens (including phenoxy) is 1. The predicted octanol–water partition coefficient (Wildman–Crippen LogP) is 3.82. The lowest BCUT2D eigenvalue weighted by Crippen LogP contribution is -2.49. The number of nitrogens with two attached hydrogens (primary N) is 1. The first-order valence-corrected chi connectivity index (χ1v) is 9.57. The lowest BCUT2D eigenvalue weighted by molar-refractivity contribution is 0.0594. The fourth-order valence-electron chi connectivity index (χ4n) is 4.18. The van der Waals surface area contributed by atoms with Crippen molar-refractivity contribution in [2.24, 2.45) is 5.73 Å². The zero-order chi connectivity index (χ0) is 19.0. The van der Waals surface area contributed by atoms with E-state index in [9.17, 15) is 4.39 Å². The van der Waals surface area contributed by atoms with E-state index >= 15 is 0 Å². The first-order chi connectivity index (χ1) is 13.0. The molecule has 1 heterocycles. The Hall–Kier alpha value is -2.13. The maximum Gasteiger partial charge on any atom is 0.140 e. The molecule has 0 aromatic heterocycles. The van der Waals surface area contributed by atoms with Crippen LogP contribution in [0.25, 0.3) is 0 Å². The van der Waals surface area contributed by atoms with E-state index in [0.717, 1.165) is 43.5 Å². The van der Waals surface area contributed by atoms with Gasteiger partial charge in [-0.2, -0.15) is 5.26 Å². The molecule has 2 unspecified atom stereocenters. The van der Waals surface area contributed by atoms with Gasteiger partial charge in [0, 0.05) is 12.6 Å². The smallest absolute Gasteiger partial charge is 0.140 e. The number of fused-ring (bicyclic) bond motifs is 1. The van der Waals surface area contributed by atoms with Gasteiger partial charge >= 0.3 is 0 Å². The number of hydrogen-bond donors (Lipinski definition) is 1. The van der Waals surface area contributed by atoms with Gasteiger partial charge in [0.05, 0.1) is 22.7 Å². The first-order valence-electron chi connectivity index (χ1n) is 9.19. The van der Waals surface area contributed by atoms with Crippen LogP contribution in [-0.4, -0.2) is 30.1 Å². The number of benzene rings is 2. The van der Waals surface area contributed by atoms with Gasteiger partial charge in [0.15, 0.2) is 0 Å². The first kappa shape index (κ1) is 18.2. The molecule has 0 saturated carbocycles. The normalized spacial score (nSPS) is 25.0. The Morgan fingerprint density at radius 3 is 2.85 bits per heavy atom. The van der Waals surface area contributed by atoms with E-state index in [0.29, 0.717) is 16.3 Å². The summed E-state index contributed by atoms with van der Waals surface area (Å²) < 4.78 is 20.1. The molecule has 4 nitrogen and oxygen atoms in total. The summed E-state index contributed by atoms with van der Waals surface area (Å²) in [5.74, 6) is 0.295. The average Bonchev–Trinajstić information content (AvgIpc) is 3.00. The highest BCUT2D eigenvalue weighted by Crippen LogP contribution is 2.40. The van der Waals surface area contributed by atoms with Crippen LogP contribution in [0.15, 0.2) is 36.4 Å². The maximum atomic E-state index is 13.8. The fourth-order valence-corrected chi connectivity index (χ4v) is 4.40. The Labute approximate surface area is 163 Å². The van der Waals surface area contributed by atoms with E-state index in [-0.39, 0.29) is 24.0 Å². The summed E-state index contributed by atoms with van der Waals surface area (Å²) in [6.45, 7) is 1.76. The molecule has 0 amide bonds. The molecule has 0 radical (unpaired) electrons. The predicted molar refractivity (Wildman–Crippen MR) is 102 cm³/mol. The molecule has 2 aromatic carbocycles. The number of piperidine rings is 1. The Morgan fingerprint density at radius 2 is 2.11 bits per heavy atom. The number of nitriles is 1. The molecule has 0 spiro atoms. The van der Waals surface area contributed by atoms with Crippen LogP contribution in [0.5, 0.6) is 5.75 Å². The molecule has 1 saturated heterocycles. The Bertz CT molecular complexity index is 897. The molecule has 6 heteroatoms. The summed E-state index contributed by atoms with van der Waals surface area (Å²) in [4.78, 5) is 2.36. The molecule has 1 aliphatic heterocycles. The molecule has 3 atom stereocenters. The zero-order valence-corrected chi connectivity index (χ0v) is 15.6. The van der Waals surface area contributed by atoms with Crippen LogP contribution < -0.4 is 10.5 Å². The van der Waals surface area contributed by atoms with Crippen molar-refractivity contribution in [3.63, 3.8) is 0 Å². The van der Waals surface area contributed by atoms with E-state index in [1.807, 2.05) is 0 Å². The van der Waals surface area contributed by atoms with Crippen LogP contribution in [0.2, 0.25) is 5.02 Å². The summed E-state index contributed by atoms with van der Waals surface area (Å²) in [7, 11) is 0. The summed E-state index contributed by atoms with van der Waals surface area (Å²) in [6, 6.07) is 12.2. The number of likely N-dealkylation sites (tertiary alicyclic amines) is 1. The van der Waals surface area contributed by atoms with Gasteiger partial charge in [0.2, 0.25) is 0 Å². The van der Waals surface area contributed by atoms with Crippen LogP contribution in [0.4, 0.5) is 4.39 Å². The van der Waals surface area contributed by atoms with Gasteiger partial charge in [-0.1, -0.05) is 17.7 Å². The van der Waals surface area contributed by atoms with E-state index in [2.05, 4.69) is 11.0 Å². The van der Waals surface area contributed by atoms with Crippen molar-refractivity contribution in [3.8, 4) is 11.8 Å². The van der Waals surface area contributed by atoms with Crippen molar-refractivity contribution in [2.75, 3.05) is 13.1 Å². The molecular formula is C21H21ClFN3O. The summed E-state index contributed by atoms with van der Waals surface area (Å²) in [5, 5.41) is 9.43. The van der Waals surface area contributed by atoms with E-state index in [1.54, 1.807) is 30.3 Å². The van der Waals surface area contributed by atoms with Crippen molar-refractivity contribution in [1.29, 1.82) is 5.26 Å². The number of halogens is 2. The summed E-state index contributed by atoms with van der Waals surface area (Å²) in [5.41, 5.74) is 8.62. The van der Waals surface area contributed by atoms with Crippen LogP contribution in [0.3, 0.4) is 0 Å². The van der Waals surface area contributed by atoms with E-state index < -0.39 is 0 Å². The van der Waals surface area contributed by atoms with Crippen LogP contribution in [0, 0.1) is 17.1 Å². The Kier molecular flexibility index (Phi) is 5.05. The van der Waals surface area contributed by atoms with Gasteiger partial charge in [-0.25, -0.2) is 4.39 Å². The molecule has 1 fully saturated rings. The van der Waals surface area contributed by atoms with Gasteiger partial charge in [0.1, 0.15) is 17.7 Å². The lowest BCUT2D eigenvalue weighted by Gasteiger charge is -2.38. The second kappa shape index (κ2) is 7.47. The monoisotopic (exact) mass is 385 g/mol. The molecule has 1 aliphatic carbocycles. The third-order valence-corrected chi connectivity index (χ3v) is 5.76. The topological polar surface area (TPSA) is 62.3 Å². The van der Waals surface area contributed by atoms with Crippen LogP contribution in [-0.2, 0) is 6.42 Å². The fraction of sp³-hybridized carbons (Fsp3) is 0.381. The number of nitrogens with zero attached hydrogens (tertiary/aromatic N) is 2. The van der Waals surface area contributed by atoms with Gasteiger partial charge in [-0.3, -0.25) is 4.90 Å². The standard InChI is InChI=1S/C21H21ClFN3O/c22-18-8-13(11-24)3-6-20(18)27-21-17-5-4-15(23)9-14(17)10-19(21)26-7-1-2-16(25)12-26/h3-6,8-9,16,19,21H,1-2,7,10,12,25H2/t16?,19-,21?/m1/s1. The molecule has 27 heavy (non-hydrogen) atoms. The third-order valence-electron chi connectivity index (χ3n) is 5.46. The highest BCUT2D eigenvalue weighted by molar-refractivity contribution is 6.32. The molecule has 140 valence electrons.